The van der Waals surface area contributed by atoms with Gasteiger partial charge in [-0.2, -0.15) is 0 Å². The van der Waals surface area contributed by atoms with Gasteiger partial charge in [-0.25, -0.2) is 0 Å². The van der Waals surface area contributed by atoms with E-state index in [4.69, 9.17) is 0 Å². The van der Waals surface area contributed by atoms with Crippen LogP contribution >= 0.6 is 0 Å². The smallest absolute Gasteiger partial charge is 0.254 e. The lowest BCUT2D eigenvalue weighted by atomic mass is 9.85. The van der Waals surface area contributed by atoms with Gasteiger partial charge in [0.15, 0.2) is 0 Å². The van der Waals surface area contributed by atoms with E-state index in [2.05, 4.69) is 5.32 Å². The van der Waals surface area contributed by atoms with Crippen molar-refractivity contribution in [2.45, 2.75) is 25.8 Å². The minimum atomic E-state index is -0.660. The average molecular weight is 338 g/mol. The van der Waals surface area contributed by atoms with E-state index in [0.29, 0.717) is 12.1 Å². The summed E-state index contributed by atoms with van der Waals surface area (Å²) >= 11 is 0. The molecule has 1 heterocycles. The van der Waals surface area contributed by atoms with E-state index < -0.39 is 5.41 Å². The molecule has 1 aliphatic heterocycles. The number of nitrogens with one attached hydrogen (secondary N) is 1. The van der Waals surface area contributed by atoms with Crippen molar-refractivity contribution in [3.63, 3.8) is 0 Å². The van der Waals surface area contributed by atoms with Crippen molar-refractivity contribution in [3.05, 3.63) is 65.2 Å². The van der Waals surface area contributed by atoms with Crippen molar-refractivity contribution in [2.75, 3.05) is 18.5 Å². The summed E-state index contributed by atoms with van der Waals surface area (Å²) in [4.78, 5) is 26.6. The Morgan fingerprint density at radius 1 is 1.16 bits per heavy atom. The van der Waals surface area contributed by atoms with Crippen LogP contribution in [0, 0.1) is 0 Å². The number of carbonyl (C=O) groups excluding carboxylic acids is 2. The number of aliphatic hydroxyl groups is 1. The Labute approximate surface area is 147 Å². The highest BCUT2D eigenvalue weighted by Crippen LogP contribution is 2.37. The van der Waals surface area contributed by atoms with Crippen LogP contribution in [0.25, 0.3) is 0 Å². The Kier molecular flexibility index (Phi) is 4.59. The lowest BCUT2D eigenvalue weighted by molar-refractivity contribution is -0.119. The molecule has 2 N–H and O–H groups in total. The maximum atomic E-state index is 12.9. The first-order valence-electron chi connectivity index (χ1n) is 8.33. The molecule has 0 aliphatic carbocycles. The van der Waals surface area contributed by atoms with Gasteiger partial charge >= 0.3 is 0 Å². The third kappa shape index (κ3) is 3.28. The van der Waals surface area contributed by atoms with Crippen molar-refractivity contribution in [3.8, 4) is 0 Å². The first-order chi connectivity index (χ1) is 11.9. The van der Waals surface area contributed by atoms with Crippen LogP contribution < -0.4 is 5.32 Å². The number of rotatable bonds is 5. The molecular weight excluding hydrogens is 316 g/mol. The van der Waals surface area contributed by atoms with Crippen LogP contribution in [-0.4, -0.2) is 35.0 Å². The molecule has 1 aliphatic rings. The van der Waals surface area contributed by atoms with Crippen molar-refractivity contribution < 1.29 is 14.7 Å². The topological polar surface area (TPSA) is 69.6 Å². The van der Waals surface area contributed by atoms with E-state index in [0.717, 1.165) is 16.8 Å². The largest absolute Gasteiger partial charge is 0.395 e. The number of fused-ring (bicyclic) bond motifs is 1. The monoisotopic (exact) mass is 338 g/mol. The Morgan fingerprint density at radius 2 is 1.88 bits per heavy atom. The number of aliphatic hydroxyl groups excluding tert-OH is 1. The van der Waals surface area contributed by atoms with Gasteiger partial charge in [-0.1, -0.05) is 30.3 Å². The standard InChI is InChI=1S/C20H22N2O3/c1-20(2)16-12-15(8-9-17(16)21-19(20)25)18(24)22(10-11-23)13-14-6-4-3-5-7-14/h3-9,12,23H,10-11,13H2,1-2H3,(H,21,25). The maximum Gasteiger partial charge on any atom is 0.254 e. The highest BCUT2D eigenvalue weighted by molar-refractivity contribution is 6.07. The zero-order valence-corrected chi connectivity index (χ0v) is 14.5. The predicted molar refractivity (Wildman–Crippen MR) is 96.4 cm³/mol. The van der Waals surface area contributed by atoms with Gasteiger partial charge < -0.3 is 15.3 Å². The van der Waals surface area contributed by atoms with Crippen molar-refractivity contribution >= 4 is 17.5 Å². The minimum absolute atomic E-state index is 0.0661. The molecule has 2 amide bonds. The molecule has 0 fully saturated rings. The maximum absolute atomic E-state index is 12.9. The fourth-order valence-electron chi connectivity index (χ4n) is 3.06. The highest BCUT2D eigenvalue weighted by atomic mass is 16.3. The molecule has 3 rings (SSSR count). The molecule has 5 heteroatoms. The summed E-state index contributed by atoms with van der Waals surface area (Å²) in [5, 5.41) is 12.2. The summed E-state index contributed by atoms with van der Waals surface area (Å²) < 4.78 is 0. The van der Waals surface area contributed by atoms with Crippen LogP contribution in [-0.2, 0) is 16.8 Å². The van der Waals surface area contributed by atoms with Crippen molar-refractivity contribution in [1.82, 2.24) is 4.90 Å². The molecule has 0 aromatic heterocycles. The molecule has 25 heavy (non-hydrogen) atoms. The molecule has 0 saturated carbocycles. The highest BCUT2D eigenvalue weighted by Gasteiger charge is 2.38. The van der Waals surface area contributed by atoms with Crippen LogP contribution in [0.1, 0.15) is 35.3 Å². The van der Waals surface area contributed by atoms with Crippen molar-refractivity contribution in [2.24, 2.45) is 0 Å². The van der Waals surface area contributed by atoms with Gasteiger partial charge in [-0.05, 0) is 43.2 Å². The van der Waals surface area contributed by atoms with Crippen LogP contribution in [0.3, 0.4) is 0 Å². The molecular formula is C20H22N2O3. The normalized spacial score (nSPS) is 14.8. The summed E-state index contributed by atoms with van der Waals surface area (Å²) in [5.74, 6) is -0.223. The van der Waals surface area contributed by atoms with Crippen LogP contribution in [0.4, 0.5) is 5.69 Å². The molecule has 0 spiro atoms. The molecule has 0 radical (unpaired) electrons. The minimum Gasteiger partial charge on any atom is -0.395 e. The van der Waals surface area contributed by atoms with Crippen LogP contribution in [0.5, 0.6) is 0 Å². The number of anilines is 1. The van der Waals surface area contributed by atoms with E-state index in [1.165, 1.54) is 0 Å². The molecule has 0 bridgehead atoms. The van der Waals surface area contributed by atoms with Crippen molar-refractivity contribution in [1.29, 1.82) is 0 Å². The van der Waals surface area contributed by atoms with E-state index in [-0.39, 0.29) is 25.0 Å². The molecule has 0 unspecified atom stereocenters. The third-order valence-electron chi connectivity index (χ3n) is 4.63. The third-order valence-corrected chi connectivity index (χ3v) is 4.63. The second-order valence-electron chi connectivity index (χ2n) is 6.78. The molecule has 0 saturated heterocycles. The predicted octanol–water partition coefficient (Wildman–Crippen LogP) is 2.55. The second kappa shape index (κ2) is 6.69. The van der Waals surface area contributed by atoms with E-state index in [1.807, 2.05) is 44.2 Å². The molecule has 5 nitrogen and oxygen atoms in total. The van der Waals surface area contributed by atoms with Crippen LogP contribution in [0.2, 0.25) is 0 Å². The fourth-order valence-corrected chi connectivity index (χ4v) is 3.06. The number of carbonyl (C=O) groups is 2. The zero-order valence-electron chi connectivity index (χ0n) is 14.5. The van der Waals surface area contributed by atoms with E-state index in [1.54, 1.807) is 23.1 Å². The van der Waals surface area contributed by atoms with E-state index in [9.17, 15) is 14.7 Å². The van der Waals surface area contributed by atoms with Gasteiger partial charge in [0.1, 0.15) is 0 Å². The lowest BCUT2D eigenvalue weighted by Gasteiger charge is -2.23. The van der Waals surface area contributed by atoms with Gasteiger partial charge in [-0.15, -0.1) is 0 Å². The van der Waals surface area contributed by atoms with Gasteiger partial charge in [0.25, 0.3) is 5.91 Å². The van der Waals surface area contributed by atoms with E-state index >= 15 is 0 Å². The first kappa shape index (κ1) is 17.2. The Balaban J connectivity index is 1.88. The second-order valence-corrected chi connectivity index (χ2v) is 6.78. The van der Waals surface area contributed by atoms with Crippen LogP contribution in [0.15, 0.2) is 48.5 Å². The Bertz CT molecular complexity index is 800. The number of hydrogen-bond acceptors (Lipinski definition) is 3. The first-order valence-corrected chi connectivity index (χ1v) is 8.33. The number of benzene rings is 2. The van der Waals surface area contributed by atoms with Gasteiger partial charge in [0.2, 0.25) is 5.91 Å². The zero-order chi connectivity index (χ0) is 18.0. The number of nitrogens with zero attached hydrogens (tertiary/aromatic N) is 1. The summed E-state index contributed by atoms with van der Waals surface area (Å²) in [6.45, 7) is 4.27. The quantitative estimate of drug-likeness (QED) is 0.880. The Morgan fingerprint density at radius 3 is 2.56 bits per heavy atom. The average Bonchev–Trinajstić information content (AvgIpc) is 2.84. The molecule has 130 valence electrons. The van der Waals surface area contributed by atoms with Gasteiger partial charge in [-0.3, -0.25) is 9.59 Å². The molecule has 2 aromatic rings. The summed E-state index contributed by atoms with van der Waals surface area (Å²) in [5.41, 5.74) is 2.44. The molecule has 0 atom stereocenters. The Hall–Kier alpha value is -2.66. The number of amides is 2. The van der Waals surface area contributed by atoms with Gasteiger partial charge in [0, 0.05) is 24.3 Å². The fraction of sp³-hybridized carbons (Fsp3) is 0.300. The lowest BCUT2D eigenvalue weighted by Crippen LogP contribution is -2.33. The molecule has 2 aromatic carbocycles. The summed E-state index contributed by atoms with van der Waals surface area (Å²) in [7, 11) is 0. The van der Waals surface area contributed by atoms with Gasteiger partial charge in [0.05, 0.1) is 12.0 Å². The summed E-state index contributed by atoms with van der Waals surface area (Å²) in [6.07, 6.45) is 0. The SMILES string of the molecule is CC1(C)C(=O)Nc2ccc(C(=O)N(CCO)Cc3ccccc3)cc21. The summed E-state index contributed by atoms with van der Waals surface area (Å²) in [6, 6.07) is 14.9. The number of hydrogen-bond donors (Lipinski definition) is 2.